The number of hydrogen-bond donors (Lipinski definition) is 1. The van der Waals surface area contributed by atoms with Crippen LogP contribution in [0.4, 0.5) is 5.13 Å². The summed E-state index contributed by atoms with van der Waals surface area (Å²) in [6.45, 7) is 0.377. The number of thiazole rings is 1. The lowest BCUT2D eigenvalue weighted by molar-refractivity contribution is 0.0590. The van der Waals surface area contributed by atoms with Crippen LogP contribution in [-0.2, 0) is 4.74 Å². The van der Waals surface area contributed by atoms with Crippen molar-refractivity contribution in [3.8, 4) is 0 Å². The Balaban J connectivity index is 2.21. The molecule has 21 heavy (non-hydrogen) atoms. The number of anilines is 1. The third kappa shape index (κ3) is 3.56. The van der Waals surface area contributed by atoms with Gasteiger partial charge in [-0.05, 0) is 12.1 Å². The van der Waals surface area contributed by atoms with Crippen LogP contribution in [0, 0.1) is 0 Å². The Kier molecular flexibility index (Phi) is 5.24. The molecule has 2 heterocycles. The number of amides is 1. The van der Waals surface area contributed by atoms with Crippen molar-refractivity contribution in [3.63, 3.8) is 0 Å². The summed E-state index contributed by atoms with van der Waals surface area (Å²) in [5.41, 5.74) is 1.21. The Morgan fingerprint density at radius 3 is 2.90 bits per heavy atom. The maximum absolute atomic E-state index is 12.5. The van der Waals surface area contributed by atoms with Crippen LogP contribution in [0.3, 0.4) is 0 Å². The van der Waals surface area contributed by atoms with E-state index >= 15 is 0 Å². The van der Waals surface area contributed by atoms with Gasteiger partial charge >= 0.3 is 0 Å². The Hall–Kier alpha value is -1.99. The number of carbonyl (C=O) groups excluding carboxylic acids is 1. The zero-order valence-corrected chi connectivity index (χ0v) is 13.1. The second-order valence-electron chi connectivity index (χ2n) is 4.43. The molecule has 0 aromatic carbocycles. The number of aromatic nitrogens is 2. The highest BCUT2D eigenvalue weighted by Crippen LogP contribution is 2.22. The summed E-state index contributed by atoms with van der Waals surface area (Å²) in [6, 6.07) is 5.37. The number of pyridine rings is 1. The normalized spacial score (nSPS) is 12.0. The van der Waals surface area contributed by atoms with Crippen LogP contribution in [0.25, 0.3) is 0 Å². The van der Waals surface area contributed by atoms with Gasteiger partial charge in [0.15, 0.2) is 5.13 Å². The monoisotopic (exact) mass is 306 g/mol. The van der Waals surface area contributed by atoms with E-state index in [2.05, 4.69) is 15.3 Å². The van der Waals surface area contributed by atoms with E-state index in [9.17, 15) is 4.79 Å². The van der Waals surface area contributed by atoms with E-state index in [4.69, 9.17) is 4.74 Å². The minimum Gasteiger partial charge on any atom is -0.382 e. The summed E-state index contributed by atoms with van der Waals surface area (Å²) in [5, 5.41) is 5.39. The number of rotatable bonds is 6. The predicted octanol–water partition coefficient (Wildman–Crippen LogP) is 2.04. The van der Waals surface area contributed by atoms with Gasteiger partial charge in [0.2, 0.25) is 0 Å². The molecule has 1 N–H and O–H groups in total. The number of carbonyl (C=O) groups is 1. The van der Waals surface area contributed by atoms with E-state index in [0.717, 1.165) is 5.69 Å². The Bertz CT molecular complexity index is 588. The summed E-state index contributed by atoms with van der Waals surface area (Å²) in [6.07, 6.45) is 1.71. The smallest absolute Gasteiger partial charge is 0.273 e. The van der Waals surface area contributed by atoms with Gasteiger partial charge in [-0.25, -0.2) is 4.98 Å². The molecule has 1 amide bonds. The third-order valence-electron chi connectivity index (χ3n) is 3.08. The highest BCUT2D eigenvalue weighted by atomic mass is 32.1. The van der Waals surface area contributed by atoms with Crippen LogP contribution in [0.1, 0.15) is 22.2 Å². The molecular weight excluding hydrogens is 288 g/mol. The molecule has 112 valence electrons. The van der Waals surface area contributed by atoms with Crippen LogP contribution < -0.4 is 5.32 Å². The first-order valence-electron chi connectivity index (χ1n) is 6.47. The molecule has 6 nitrogen and oxygen atoms in total. The van der Waals surface area contributed by atoms with Crippen molar-refractivity contribution in [3.05, 3.63) is 41.2 Å². The molecule has 0 spiro atoms. The van der Waals surface area contributed by atoms with Crippen LogP contribution >= 0.6 is 11.3 Å². The van der Waals surface area contributed by atoms with Gasteiger partial charge in [-0.15, -0.1) is 11.3 Å². The molecule has 1 unspecified atom stereocenters. The van der Waals surface area contributed by atoms with Crippen LogP contribution in [0.5, 0.6) is 0 Å². The molecule has 0 aliphatic carbocycles. The number of nitrogens with zero attached hydrogens (tertiary/aromatic N) is 3. The largest absolute Gasteiger partial charge is 0.382 e. The molecular formula is C14H18N4O2S. The molecule has 0 fully saturated rings. The van der Waals surface area contributed by atoms with E-state index in [1.165, 1.54) is 11.3 Å². The average molecular weight is 306 g/mol. The average Bonchev–Trinajstić information content (AvgIpc) is 3.01. The molecule has 0 bridgehead atoms. The fourth-order valence-electron chi connectivity index (χ4n) is 1.94. The van der Waals surface area contributed by atoms with Crippen molar-refractivity contribution >= 4 is 22.4 Å². The van der Waals surface area contributed by atoms with Crippen molar-refractivity contribution in [2.75, 3.05) is 33.1 Å². The first kappa shape index (κ1) is 15.4. The maximum Gasteiger partial charge on any atom is 0.273 e. The van der Waals surface area contributed by atoms with Gasteiger partial charge < -0.3 is 15.0 Å². The van der Waals surface area contributed by atoms with Crippen molar-refractivity contribution in [1.82, 2.24) is 14.9 Å². The van der Waals surface area contributed by atoms with Crippen LogP contribution in [0.15, 0.2) is 29.8 Å². The third-order valence-corrected chi connectivity index (χ3v) is 3.94. The van der Waals surface area contributed by atoms with E-state index < -0.39 is 0 Å². The molecule has 1 atom stereocenters. The fraction of sp³-hybridized carbons (Fsp3) is 0.357. The van der Waals surface area contributed by atoms with Crippen molar-refractivity contribution in [2.45, 2.75) is 6.04 Å². The summed E-state index contributed by atoms with van der Waals surface area (Å²) in [4.78, 5) is 22.7. The number of likely N-dealkylation sites (N-methyl/N-ethyl adjacent to an activating group) is 1. The van der Waals surface area contributed by atoms with Gasteiger partial charge in [-0.1, -0.05) is 6.07 Å². The highest BCUT2D eigenvalue weighted by Gasteiger charge is 2.25. The quantitative estimate of drug-likeness (QED) is 0.884. The topological polar surface area (TPSA) is 67.4 Å². The minimum atomic E-state index is -0.247. The molecule has 0 saturated heterocycles. The molecule has 0 radical (unpaired) electrons. The van der Waals surface area contributed by atoms with E-state index in [-0.39, 0.29) is 11.9 Å². The van der Waals surface area contributed by atoms with Crippen molar-refractivity contribution < 1.29 is 9.53 Å². The Labute approximate surface area is 127 Å². The first-order chi connectivity index (χ1) is 10.2. The molecule has 2 rings (SSSR count). The summed E-state index contributed by atoms with van der Waals surface area (Å²) in [5.74, 6) is -0.152. The summed E-state index contributed by atoms with van der Waals surface area (Å²) >= 11 is 1.40. The van der Waals surface area contributed by atoms with Gasteiger partial charge in [-0.2, -0.15) is 0 Å². The summed E-state index contributed by atoms with van der Waals surface area (Å²) in [7, 11) is 5.12. The Morgan fingerprint density at radius 1 is 1.52 bits per heavy atom. The van der Waals surface area contributed by atoms with Crippen molar-refractivity contribution in [2.24, 2.45) is 0 Å². The van der Waals surface area contributed by atoms with Crippen LogP contribution in [-0.4, -0.2) is 48.6 Å². The second-order valence-corrected chi connectivity index (χ2v) is 5.29. The number of methoxy groups -OCH3 is 1. The van der Waals surface area contributed by atoms with Gasteiger partial charge in [0, 0.05) is 32.8 Å². The van der Waals surface area contributed by atoms with Gasteiger partial charge in [-0.3, -0.25) is 9.78 Å². The number of nitrogens with one attached hydrogen (secondary N) is 1. The zero-order valence-electron chi connectivity index (χ0n) is 12.2. The first-order valence-corrected chi connectivity index (χ1v) is 7.35. The molecule has 0 saturated carbocycles. The Morgan fingerprint density at radius 2 is 2.33 bits per heavy atom. The van der Waals surface area contributed by atoms with Gasteiger partial charge in [0.05, 0.1) is 18.3 Å². The summed E-state index contributed by atoms with van der Waals surface area (Å²) < 4.78 is 5.23. The number of ether oxygens (including phenoxy) is 1. The molecule has 2 aromatic heterocycles. The maximum atomic E-state index is 12.5. The second kappa shape index (κ2) is 7.14. The standard InChI is InChI=1S/C14H18N4O2S/c1-15-14-17-11(9-21-14)13(19)18(2)12(8-20-3)10-6-4-5-7-16-10/h4-7,9,12H,8H2,1-3H3,(H,15,17). The minimum absolute atomic E-state index is 0.152. The van der Waals surface area contributed by atoms with E-state index in [1.807, 2.05) is 18.2 Å². The van der Waals surface area contributed by atoms with Crippen LogP contribution in [0.2, 0.25) is 0 Å². The lowest BCUT2D eigenvalue weighted by Gasteiger charge is -2.26. The van der Waals surface area contributed by atoms with E-state index in [0.29, 0.717) is 17.4 Å². The fourth-order valence-corrected chi connectivity index (χ4v) is 2.58. The lowest BCUT2D eigenvalue weighted by Crippen LogP contribution is -2.34. The lowest BCUT2D eigenvalue weighted by atomic mass is 10.1. The van der Waals surface area contributed by atoms with E-state index in [1.54, 1.807) is 37.7 Å². The molecule has 7 heteroatoms. The zero-order chi connectivity index (χ0) is 15.2. The number of hydrogen-bond acceptors (Lipinski definition) is 6. The molecule has 2 aromatic rings. The highest BCUT2D eigenvalue weighted by molar-refractivity contribution is 7.13. The SMILES string of the molecule is CNc1nc(C(=O)N(C)C(COC)c2ccccn2)cs1. The molecule has 0 aliphatic rings. The van der Waals surface area contributed by atoms with Gasteiger partial charge in [0.1, 0.15) is 5.69 Å². The molecule has 0 aliphatic heterocycles. The predicted molar refractivity (Wildman–Crippen MR) is 82.6 cm³/mol. The van der Waals surface area contributed by atoms with Crippen molar-refractivity contribution in [1.29, 1.82) is 0 Å². The van der Waals surface area contributed by atoms with Gasteiger partial charge in [0.25, 0.3) is 5.91 Å².